The molecule has 4 heterocycles. The van der Waals surface area contributed by atoms with Crippen LogP contribution >= 0.6 is 11.8 Å². The molecule has 75 heavy (non-hydrogen) atoms. The Bertz CT molecular complexity index is 4430. The van der Waals surface area contributed by atoms with E-state index < -0.39 is 5.41 Å². The van der Waals surface area contributed by atoms with Crippen LogP contribution in [0.1, 0.15) is 27.8 Å². The van der Waals surface area contributed by atoms with Crippen molar-refractivity contribution in [2.24, 2.45) is 0 Å². The Morgan fingerprint density at radius 1 is 0.467 bits per heavy atom. The molecule has 0 saturated carbocycles. The van der Waals surface area contributed by atoms with Crippen molar-refractivity contribution in [2.75, 3.05) is 0 Å². The topological polar surface area (TPSA) is 36.9 Å². The average molecular weight is 1160 g/mol. The van der Waals surface area contributed by atoms with E-state index >= 15 is 0 Å². The molecular formula is C68H42N4OPtS-2. The first-order valence-corrected chi connectivity index (χ1v) is 27.1. The maximum atomic E-state index is 6.88. The van der Waals surface area contributed by atoms with Crippen LogP contribution in [-0.4, -0.2) is 18.7 Å². The molecule has 0 fully saturated rings. The van der Waals surface area contributed by atoms with Gasteiger partial charge in [-0.15, -0.1) is 0 Å². The molecule has 0 amide bonds. The molecule has 1 aliphatic heterocycles. The Morgan fingerprint density at radius 2 is 1.07 bits per heavy atom. The Morgan fingerprint density at radius 3 is 1.77 bits per heavy atom. The van der Waals surface area contributed by atoms with Crippen molar-refractivity contribution in [3.8, 4) is 62.1 Å². The standard InChI is InChI=1S/C68H42N4OS.Pt/c1-44-36-37-69-66(38-44)72-62-40-49(34-35-53(62)55-41-54-52-24-8-9-27-56(52)68(59(54)42-63(55)72)57-28-10-14-32-64(57)74-65-33-15-11-29-58(65)68)73-48-23-16-22-47(39-48)70-43-71(61-31-13-12-30-60(61)70)67-50(45-18-4-2-5-19-45)25-17-26-51(67)46-20-6-3-7-21-46;/h2-38,41-42H,1H3;/q-2;. The Kier molecular flexibility index (Phi) is 10.1. The number of imidazole rings is 1. The molecule has 15 rings (SSSR count). The van der Waals surface area contributed by atoms with Gasteiger partial charge in [0.2, 0.25) is 0 Å². The second kappa shape index (κ2) is 17.3. The number of pyridine rings is 1. The molecule has 358 valence electrons. The first-order valence-electron chi connectivity index (χ1n) is 25.1. The summed E-state index contributed by atoms with van der Waals surface area (Å²) in [4.78, 5) is 7.60. The van der Waals surface area contributed by atoms with Gasteiger partial charge >= 0.3 is 294 Å². The monoisotopic (exact) mass is 1160 g/mol. The van der Waals surface area contributed by atoms with Gasteiger partial charge in [0.25, 0.3) is 0 Å². The number of hydrogen-bond acceptors (Lipinski definition) is 3. The summed E-state index contributed by atoms with van der Waals surface area (Å²) < 4.78 is 14.8. The minimum absolute atomic E-state index is 0.518. The fourth-order valence-corrected chi connectivity index (χ4v) is 14.3. The van der Waals surface area contributed by atoms with E-state index in [1.807, 2.05) is 36.2 Å². The molecule has 2 aliphatic rings. The minimum Gasteiger partial charge on any atom is -0.0894 e. The third-order valence-corrected chi connectivity index (χ3v) is 17.3. The number of aryl methyl sites for hydroxylation is 1. The minimum atomic E-state index is -0.518. The summed E-state index contributed by atoms with van der Waals surface area (Å²) in [6.07, 6.45) is 1.90. The van der Waals surface area contributed by atoms with Crippen LogP contribution in [0.15, 0.2) is 247 Å². The van der Waals surface area contributed by atoms with Crippen LogP contribution in [0, 0.1) is 22.9 Å². The van der Waals surface area contributed by atoms with E-state index in [1.165, 1.54) is 43.2 Å². The predicted octanol–water partition coefficient (Wildman–Crippen LogP) is 16.9. The Labute approximate surface area is 449 Å². The van der Waals surface area contributed by atoms with Crippen molar-refractivity contribution >= 4 is 44.6 Å². The molecule has 0 atom stereocenters. The van der Waals surface area contributed by atoms with E-state index in [-0.39, 0.29) is 0 Å². The van der Waals surface area contributed by atoms with Crippen LogP contribution in [0.2, 0.25) is 0 Å². The first kappa shape index (κ1) is 44.0. The van der Waals surface area contributed by atoms with Gasteiger partial charge in [0.1, 0.15) is 0 Å². The zero-order valence-electron chi connectivity index (χ0n) is 40.4. The molecular weight excluding hydrogens is 1120 g/mol. The predicted molar refractivity (Wildman–Crippen MR) is 299 cm³/mol. The summed E-state index contributed by atoms with van der Waals surface area (Å²) in [5, 5.41) is 2.21. The molecule has 3 aromatic heterocycles. The molecule has 1 aliphatic carbocycles. The fraction of sp³-hybridized carbons (Fsp3) is 0.0294. The number of ether oxygens (including phenoxy) is 1. The quantitative estimate of drug-likeness (QED) is 0.149. The number of hydrogen-bond donors (Lipinski definition) is 0. The molecule has 0 unspecified atom stereocenters. The van der Waals surface area contributed by atoms with E-state index in [9.17, 15) is 0 Å². The Balaban J connectivity index is 0.895. The second-order valence-electron chi connectivity index (χ2n) is 19.3. The van der Waals surface area contributed by atoms with E-state index in [4.69, 9.17) is 9.72 Å². The van der Waals surface area contributed by atoms with Crippen molar-refractivity contribution in [3.05, 3.63) is 280 Å². The Hall–Kier alpha value is -8.54. The van der Waals surface area contributed by atoms with Crippen molar-refractivity contribution in [2.45, 2.75) is 22.1 Å². The number of fused-ring (bicyclic) bond motifs is 13. The number of benzene rings is 10. The summed E-state index contributed by atoms with van der Waals surface area (Å²) in [6, 6.07) is 90.4. The van der Waals surface area contributed by atoms with E-state index in [0.717, 1.165) is 81.7 Å². The third-order valence-electron chi connectivity index (χ3n) is 15.1. The van der Waals surface area contributed by atoms with Gasteiger partial charge in [0.05, 0.1) is 5.41 Å². The molecule has 10 aromatic carbocycles. The number of nitrogens with zero attached hydrogens (tertiary/aromatic N) is 4. The summed E-state index contributed by atoms with van der Waals surface area (Å²) in [7, 11) is 0. The van der Waals surface area contributed by atoms with Gasteiger partial charge in [-0.25, -0.2) is 0 Å². The summed E-state index contributed by atoms with van der Waals surface area (Å²) in [6.45, 7) is 2.12. The normalized spacial score (nSPS) is 13.0. The van der Waals surface area contributed by atoms with Crippen molar-refractivity contribution < 1.29 is 24.1 Å². The summed E-state index contributed by atoms with van der Waals surface area (Å²) >= 11 is 4.35. The van der Waals surface area contributed by atoms with E-state index in [1.54, 1.807) is 0 Å². The van der Waals surface area contributed by atoms with Gasteiger partial charge in [-0.1, -0.05) is 72.4 Å². The maximum absolute atomic E-state index is 6.88. The molecule has 5 nitrogen and oxygen atoms in total. The van der Waals surface area contributed by atoms with Crippen molar-refractivity contribution in [1.82, 2.24) is 18.7 Å². The van der Waals surface area contributed by atoms with Crippen LogP contribution in [0.4, 0.5) is 0 Å². The number of aromatic nitrogens is 4. The molecule has 0 radical (unpaired) electrons. The van der Waals surface area contributed by atoms with Crippen LogP contribution in [-0.2, 0) is 24.8 Å². The zero-order valence-corrected chi connectivity index (χ0v) is 43.5. The zero-order chi connectivity index (χ0) is 49.8. The van der Waals surface area contributed by atoms with E-state index in [0.29, 0.717) is 11.5 Å². The van der Waals surface area contributed by atoms with Crippen molar-refractivity contribution in [1.29, 1.82) is 0 Å². The van der Waals surface area contributed by atoms with Gasteiger partial charge in [0, 0.05) is 16.0 Å². The smallest absolute Gasteiger partial charge is 0.0894 e. The second-order valence-corrected chi connectivity index (χ2v) is 21.4. The van der Waals surface area contributed by atoms with Crippen LogP contribution < -0.4 is 4.74 Å². The summed E-state index contributed by atoms with van der Waals surface area (Å²) in [5.74, 6) is 1.99. The van der Waals surface area contributed by atoms with Crippen LogP contribution in [0.3, 0.4) is 0 Å². The molecule has 0 bridgehead atoms. The third kappa shape index (κ3) is 6.69. The van der Waals surface area contributed by atoms with Gasteiger partial charge in [-0.05, 0) is 64.1 Å². The average Bonchev–Trinajstić information content (AvgIpc) is 4.06. The molecule has 1 spiro atoms. The van der Waals surface area contributed by atoms with Gasteiger partial charge in [0.15, 0.2) is 0 Å². The number of para-hydroxylation sites is 3. The number of rotatable bonds is 7. The molecule has 0 saturated heterocycles. The molecule has 7 heteroatoms. The first-order chi connectivity index (χ1) is 37.0. The van der Waals surface area contributed by atoms with Crippen LogP contribution in [0.25, 0.3) is 83.4 Å². The van der Waals surface area contributed by atoms with Crippen molar-refractivity contribution in [3.63, 3.8) is 0 Å². The molecule has 0 N–H and O–H groups in total. The van der Waals surface area contributed by atoms with Gasteiger partial charge in [-0.3, -0.25) is 0 Å². The SMILES string of the molecule is Cc1ccnc(-n2c3[c-]c(Oc4[c-]c(-n5[c](=[Pt])n(-c6c(-c7ccccc7)cccc6-c6ccccc6)c6ccccc65)ccc4)ccc3c3cc4c(cc32)C2(c3ccccc3Sc3ccccc32)c2ccccc2-4)c1. The van der Waals surface area contributed by atoms with Gasteiger partial charge in [-0.2, -0.15) is 0 Å². The van der Waals surface area contributed by atoms with E-state index in [2.05, 4.69) is 264 Å². The summed E-state index contributed by atoms with van der Waals surface area (Å²) in [5.41, 5.74) is 18.9. The fourth-order valence-electron chi connectivity index (χ4n) is 12.0. The van der Waals surface area contributed by atoms with Gasteiger partial charge < -0.3 is 0 Å². The van der Waals surface area contributed by atoms with Crippen LogP contribution in [0.5, 0.6) is 11.5 Å². The molecule has 13 aromatic rings.